The number of carbonyl (C=O) groups excluding carboxylic acids is 3. The second-order valence-corrected chi connectivity index (χ2v) is 24.1. The number of hydrogen-bond acceptors (Lipinski definition) is 8. The van der Waals surface area contributed by atoms with E-state index < -0.39 is 24.3 Å². The van der Waals surface area contributed by atoms with E-state index in [9.17, 15) is 19.5 Å². The number of hydrogen-bond donors (Lipinski definition) is 0. The standard InChI is InChI=1S/C74H129NO8/c1-6-8-10-12-14-16-18-20-22-24-26-27-28-29-30-31-32-33-34-35-36-37-38-39-40-41-42-43-44-45-47-49-51-53-55-57-59-61-63-65-72(77)83-70(69-82-74(73(78)79)80-67-66-75(3,4)5)68-81-71(76)64-62-60-58-56-54-52-50-48-46-25-23-21-19-17-15-13-11-9-7-2/h8,10,14,16,20,22,26-27,29-30,32-33,35-36,38-39,70,74H,6-7,9,11-13,15,17-19,21,23-25,28,31,34,37,40-69H2,1-5H3/b10-8-,16-14-,22-20-,27-26-,30-29-,33-32-,36-35-,39-38-. The van der Waals surface area contributed by atoms with E-state index in [1.807, 2.05) is 21.1 Å². The van der Waals surface area contributed by atoms with Gasteiger partial charge < -0.3 is 33.3 Å². The number of nitrogens with zero attached hydrogens (tertiary/aromatic N) is 1. The third kappa shape index (κ3) is 65.6. The lowest BCUT2D eigenvalue weighted by atomic mass is 10.0. The number of carboxylic acid groups (broad SMARTS) is 1. The van der Waals surface area contributed by atoms with Crippen molar-refractivity contribution in [2.45, 2.75) is 309 Å². The van der Waals surface area contributed by atoms with Gasteiger partial charge >= 0.3 is 11.9 Å². The summed E-state index contributed by atoms with van der Waals surface area (Å²) >= 11 is 0. The average molecular weight is 1160 g/mol. The van der Waals surface area contributed by atoms with E-state index in [-0.39, 0.29) is 32.2 Å². The van der Waals surface area contributed by atoms with Crippen molar-refractivity contribution in [3.8, 4) is 0 Å². The second-order valence-electron chi connectivity index (χ2n) is 24.1. The smallest absolute Gasteiger partial charge is 0.306 e. The number of quaternary nitrogens is 1. The van der Waals surface area contributed by atoms with E-state index in [1.54, 1.807) is 0 Å². The van der Waals surface area contributed by atoms with Crippen LogP contribution in [0.4, 0.5) is 0 Å². The fourth-order valence-corrected chi connectivity index (χ4v) is 9.61. The Hall–Kier alpha value is -3.79. The Morgan fingerprint density at radius 1 is 0.373 bits per heavy atom. The van der Waals surface area contributed by atoms with E-state index in [2.05, 4.69) is 111 Å². The molecule has 0 bridgehead atoms. The molecule has 9 heteroatoms. The first-order valence-corrected chi connectivity index (χ1v) is 34.4. The molecule has 0 aromatic rings. The van der Waals surface area contributed by atoms with Crippen LogP contribution in [0.1, 0.15) is 296 Å². The van der Waals surface area contributed by atoms with Crippen molar-refractivity contribution in [1.29, 1.82) is 0 Å². The zero-order valence-corrected chi connectivity index (χ0v) is 54.5. The third-order valence-corrected chi connectivity index (χ3v) is 14.8. The summed E-state index contributed by atoms with van der Waals surface area (Å²) in [5.74, 6) is -2.27. The topological polar surface area (TPSA) is 111 Å². The molecule has 2 atom stereocenters. The van der Waals surface area contributed by atoms with Crippen LogP contribution in [-0.4, -0.2) is 82.3 Å². The molecule has 0 saturated carbocycles. The van der Waals surface area contributed by atoms with Crippen LogP contribution in [0.15, 0.2) is 97.2 Å². The highest BCUT2D eigenvalue weighted by Crippen LogP contribution is 2.17. The van der Waals surface area contributed by atoms with Crippen LogP contribution in [0.2, 0.25) is 0 Å². The van der Waals surface area contributed by atoms with Crippen molar-refractivity contribution in [3.05, 3.63) is 97.2 Å². The average Bonchev–Trinajstić information content (AvgIpc) is 3.46. The molecule has 0 radical (unpaired) electrons. The van der Waals surface area contributed by atoms with Crippen molar-refractivity contribution in [1.82, 2.24) is 0 Å². The van der Waals surface area contributed by atoms with Crippen LogP contribution in [0, 0.1) is 0 Å². The number of likely N-dealkylation sites (N-methyl/N-ethyl adjacent to an activating group) is 1. The quantitative estimate of drug-likeness (QED) is 0.0195. The van der Waals surface area contributed by atoms with Gasteiger partial charge in [0.05, 0.1) is 40.3 Å². The molecule has 0 aromatic heterocycles. The Kier molecular flexibility index (Phi) is 61.3. The predicted octanol–water partition coefficient (Wildman–Crippen LogP) is 19.9. The SMILES string of the molecule is CC/C=C\C/C=C\C/C=C\C/C=C\C/C=C\C/C=C\C/C=C\C/C=C\CCCCCCCCCCCCCCCCC(=O)OC(COC(=O)CCCCCCCCCCCCCCCCCCCCC)COC(OCC[N+](C)(C)C)C(=O)[O-]. The van der Waals surface area contributed by atoms with Crippen molar-refractivity contribution in [2.24, 2.45) is 0 Å². The van der Waals surface area contributed by atoms with Crippen molar-refractivity contribution in [3.63, 3.8) is 0 Å². The molecule has 0 aliphatic carbocycles. The monoisotopic (exact) mass is 1160 g/mol. The van der Waals surface area contributed by atoms with Gasteiger partial charge in [0.25, 0.3) is 0 Å². The molecule has 0 rings (SSSR count). The van der Waals surface area contributed by atoms with Crippen molar-refractivity contribution in [2.75, 3.05) is 47.5 Å². The fraction of sp³-hybridized carbons (Fsp3) is 0.743. The number of unbranched alkanes of at least 4 members (excludes halogenated alkanes) is 32. The maximum atomic E-state index is 12.9. The first kappa shape index (κ1) is 79.2. The van der Waals surface area contributed by atoms with E-state index in [0.717, 1.165) is 89.9 Å². The summed E-state index contributed by atoms with van der Waals surface area (Å²) in [6, 6.07) is 0. The van der Waals surface area contributed by atoms with Gasteiger partial charge in [-0.2, -0.15) is 0 Å². The molecule has 478 valence electrons. The number of rotatable bonds is 63. The molecule has 83 heavy (non-hydrogen) atoms. The number of carboxylic acids is 1. The highest BCUT2D eigenvalue weighted by Gasteiger charge is 2.22. The molecule has 0 saturated heterocycles. The van der Waals surface area contributed by atoms with E-state index in [1.165, 1.54) is 173 Å². The summed E-state index contributed by atoms with van der Waals surface area (Å²) in [6.07, 6.45) is 84.8. The van der Waals surface area contributed by atoms with Gasteiger partial charge in [0, 0.05) is 12.8 Å². The fourth-order valence-electron chi connectivity index (χ4n) is 9.61. The second kappa shape index (κ2) is 64.2. The zero-order valence-electron chi connectivity index (χ0n) is 54.5. The molecule has 0 aromatic carbocycles. The van der Waals surface area contributed by atoms with Gasteiger partial charge in [-0.05, 0) is 77.0 Å². The molecule has 0 amide bonds. The number of carbonyl (C=O) groups is 3. The minimum Gasteiger partial charge on any atom is -0.545 e. The maximum Gasteiger partial charge on any atom is 0.306 e. The molecular formula is C74H129NO8. The van der Waals surface area contributed by atoms with Crippen LogP contribution >= 0.6 is 0 Å². The molecule has 0 spiro atoms. The van der Waals surface area contributed by atoms with Crippen LogP contribution < -0.4 is 5.11 Å². The summed E-state index contributed by atoms with van der Waals surface area (Å²) < 4.78 is 22.8. The molecule has 0 aliphatic rings. The lowest BCUT2D eigenvalue weighted by molar-refractivity contribution is -0.870. The van der Waals surface area contributed by atoms with E-state index in [4.69, 9.17) is 18.9 Å². The van der Waals surface area contributed by atoms with Gasteiger partial charge in [0.2, 0.25) is 0 Å². The van der Waals surface area contributed by atoms with Gasteiger partial charge in [0.15, 0.2) is 12.4 Å². The normalized spacial score (nSPS) is 13.3. The Balaban J connectivity index is 4.08. The molecule has 0 N–H and O–H groups in total. The molecule has 2 unspecified atom stereocenters. The number of ether oxygens (including phenoxy) is 4. The zero-order chi connectivity index (χ0) is 60.5. The Morgan fingerprint density at radius 2 is 0.687 bits per heavy atom. The van der Waals surface area contributed by atoms with Crippen molar-refractivity contribution < 1.29 is 42.9 Å². The largest absolute Gasteiger partial charge is 0.545 e. The van der Waals surface area contributed by atoms with Crippen LogP contribution in [0.25, 0.3) is 0 Å². The highest BCUT2D eigenvalue weighted by atomic mass is 16.7. The summed E-state index contributed by atoms with van der Waals surface area (Å²) in [4.78, 5) is 37.4. The number of allylic oxidation sites excluding steroid dienone is 16. The van der Waals surface area contributed by atoms with E-state index >= 15 is 0 Å². The molecular weight excluding hydrogens is 1030 g/mol. The summed E-state index contributed by atoms with van der Waals surface area (Å²) in [5.41, 5.74) is 0. The van der Waals surface area contributed by atoms with E-state index in [0.29, 0.717) is 23.9 Å². The van der Waals surface area contributed by atoms with Crippen LogP contribution in [0.3, 0.4) is 0 Å². The van der Waals surface area contributed by atoms with Gasteiger partial charge in [-0.15, -0.1) is 0 Å². The minimum absolute atomic E-state index is 0.147. The first-order valence-electron chi connectivity index (χ1n) is 34.4. The molecule has 0 aliphatic heterocycles. The predicted molar refractivity (Wildman–Crippen MR) is 352 cm³/mol. The lowest BCUT2D eigenvalue weighted by Crippen LogP contribution is -2.44. The Bertz CT molecular complexity index is 1680. The maximum absolute atomic E-state index is 12.9. The molecule has 9 nitrogen and oxygen atoms in total. The van der Waals surface area contributed by atoms with Gasteiger partial charge in [0.1, 0.15) is 13.2 Å². The highest BCUT2D eigenvalue weighted by molar-refractivity contribution is 5.70. The van der Waals surface area contributed by atoms with Crippen molar-refractivity contribution >= 4 is 17.9 Å². The van der Waals surface area contributed by atoms with Crippen LogP contribution in [-0.2, 0) is 33.3 Å². The number of aliphatic carboxylic acids is 1. The molecule has 0 heterocycles. The van der Waals surface area contributed by atoms with Gasteiger partial charge in [-0.1, -0.05) is 304 Å². The Morgan fingerprint density at radius 3 is 1.02 bits per heavy atom. The summed E-state index contributed by atoms with van der Waals surface area (Å²) in [5, 5.41) is 11.8. The minimum atomic E-state index is -1.62. The lowest BCUT2D eigenvalue weighted by Gasteiger charge is -2.26. The van der Waals surface area contributed by atoms with Crippen LogP contribution in [0.5, 0.6) is 0 Å². The summed E-state index contributed by atoms with van der Waals surface area (Å²) in [7, 11) is 5.93. The Labute approximate surface area is 512 Å². The first-order chi connectivity index (χ1) is 40.6. The van der Waals surface area contributed by atoms with Gasteiger partial charge in [-0.25, -0.2) is 0 Å². The summed E-state index contributed by atoms with van der Waals surface area (Å²) in [6.45, 7) is 4.67. The third-order valence-electron chi connectivity index (χ3n) is 14.8. The van der Waals surface area contributed by atoms with Gasteiger partial charge in [-0.3, -0.25) is 9.59 Å². The number of esters is 2. The molecule has 0 fully saturated rings.